The largest absolute Gasteiger partial charge is 0.497 e. The number of carboxylic acid groups (broad SMARTS) is 1. The number of anilines is 1. The minimum Gasteiger partial charge on any atom is -0.497 e. The number of methoxy groups -OCH3 is 1. The number of carbonyl (C=O) groups is 2. The minimum atomic E-state index is -1.13. The van der Waals surface area contributed by atoms with E-state index in [2.05, 4.69) is 10.3 Å². The molecule has 6 heteroatoms. The summed E-state index contributed by atoms with van der Waals surface area (Å²) >= 11 is 0. The summed E-state index contributed by atoms with van der Waals surface area (Å²) in [6, 6.07) is 7.92. The number of ether oxygens (including phenoxy) is 1. The maximum absolute atomic E-state index is 12.0. The van der Waals surface area contributed by atoms with Crippen LogP contribution in [0.3, 0.4) is 0 Å². The average Bonchev–Trinajstić information content (AvgIpc) is 2.48. The molecular weight excluding hydrogens is 272 g/mol. The van der Waals surface area contributed by atoms with E-state index in [1.807, 2.05) is 0 Å². The van der Waals surface area contributed by atoms with Crippen molar-refractivity contribution in [3.05, 3.63) is 53.9 Å². The summed E-state index contributed by atoms with van der Waals surface area (Å²) in [6.45, 7) is 0. The molecule has 0 saturated heterocycles. The first kappa shape index (κ1) is 14.5. The van der Waals surface area contributed by atoms with Gasteiger partial charge in [-0.25, -0.2) is 4.79 Å². The van der Waals surface area contributed by atoms with Gasteiger partial charge in [0.2, 0.25) is 5.91 Å². The first-order valence-electron chi connectivity index (χ1n) is 6.20. The van der Waals surface area contributed by atoms with E-state index in [0.717, 1.165) is 5.56 Å². The summed E-state index contributed by atoms with van der Waals surface area (Å²) < 4.78 is 4.98. The Labute approximate surface area is 121 Å². The van der Waals surface area contributed by atoms with Gasteiger partial charge in [-0.3, -0.25) is 9.78 Å². The molecule has 0 radical (unpaired) electrons. The number of amides is 1. The Morgan fingerprint density at radius 2 is 1.95 bits per heavy atom. The number of nitrogens with zero attached hydrogens (tertiary/aromatic N) is 1. The van der Waals surface area contributed by atoms with E-state index in [-0.39, 0.29) is 23.6 Å². The second kappa shape index (κ2) is 6.51. The summed E-state index contributed by atoms with van der Waals surface area (Å²) in [5.74, 6) is -1.01. The van der Waals surface area contributed by atoms with Gasteiger partial charge >= 0.3 is 5.97 Å². The Hall–Kier alpha value is -2.89. The van der Waals surface area contributed by atoms with Crippen molar-refractivity contribution in [2.45, 2.75) is 6.42 Å². The molecule has 0 saturated carbocycles. The van der Waals surface area contributed by atoms with Crippen molar-refractivity contribution in [2.75, 3.05) is 12.4 Å². The molecule has 1 aromatic heterocycles. The van der Waals surface area contributed by atoms with Gasteiger partial charge in [0.25, 0.3) is 0 Å². The third-order valence-corrected chi connectivity index (χ3v) is 2.85. The summed E-state index contributed by atoms with van der Waals surface area (Å²) in [4.78, 5) is 27.0. The van der Waals surface area contributed by atoms with Gasteiger partial charge < -0.3 is 15.2 Å². The number of rotatable bonds is 5. The molecule has 108 valence electrons. The Morgan fingerprint density at radius 3 is 2.57 bits per heavy atom. The first-order chi connectivity index (χ1) is 10.1. The number of benzene rings is 1. The molecular formula is C15H14N2O4. The second-order valence-corrected chi connectivity index (χ2v) is 4.30. The van der Waals surface area contributed by atoms with Crippen LogP contribution in [0.1, 0.15) is 15.9 Å². The van der Waals surface area contributed by atoms with Crippen LogP contribution in [0.25, 0.3) is 0 Å². The van der Waals surface area contributed by atoms with Crippen molar-refractivity contribution >= 4 is 17.6 Å². The van der Waals surface area contributed by atoms with Crippen molar-refractivity contribution in [1.29, 1.82) is 0 Å². The molecule has 0 bridgehead atoms. The summed E-state index contributed by atoms with van der Waals surface area (Å²) in [7, 11) is 1.45. The maximum atomic E-state index is 12.0. The molecule has 0 unspecified atom stereocenters. The van der Waals surface area contributed by atoms with Crippen LogP contribution in [0.15, 0.2) is 42.7 Å². The van der Waals surface area contributed by atoms with Gasteiger partial charge in [-0.2, -0.15) is 0 Å². The number of pyridine rings is 1. The summed E-state index contributed by atoms with van der Waals surface area (Å²) in [6.07, 6.45) is 3.34. The molecule has 0 aliphatic heterocycles. The van der Waals surface area contributed by atoms with E-state index in [1.165, 1.54) is 19.2 Å². The van der Waals surface area contributed by atoms with Crippen molar-refractivity contribution in [3.63, 3.8) is 0 Å². The van der Waals surface area contributed by atoms with E-state index in [1.54, 1.807) is 30.6 Å². The number of carbonyl (C=O) groups excluding carboxylic acids is 1. The molecule has 0 spiro atoms. The minimum absolute atomic E-state index is 0.0163. The van der Waals surface area contributed by atoms with E-state index < -0.39 is 5.97 Å². The van der Waals surface area contributed by atoms with E-state index in [0.29, 0.717) is 5.75 Å². The Balaban J connectivity index is 2.15. The molecule has 2 rings (SSSR count). The fourth-order valence-electron chi connectivity index (χ4n) is 1.82. The van der Waals surface area contributed by atoms with Crippen molar-refractivity contribution < 1.29 is 19.4 Å². The average molecular weight is 286 g/mol. The third-order valence-electron chi connectivity index (χ3n) is 2.85. The fourth-order valence-corrected chi connectivity index (χ4v) is 1.82. The fraction of sp³-hybridized carbons (Fsp3) is 0.133. The van der Waals surface area contributed by atoms with Crippen LogP contribution in [0, 0.1) is 0 Å². The van der Waals surface area contributed by atoms with Crippen LogP contribution < -0.4 is 10.1 Å². The highest BCUT2D eigenvalue weighted by Gasteiger charge is 2.14. The van der Waals surface area contributed by atoms with Crippen LogP contribution in [0.4, 0.5) is 5.69 Å². The number of aromatic carboxylic acids is 1. The molecule has 1 amide bonds. The molecule has 0 aliphatic rings. The van der Waals surface area contributed by atoms with E-state index in [4.69, 9.17) is 4.74 Å². The van der Waals surface area contributed by atoms with Gasteiger partial charge in [0, 0.05) is 12.4 Å². The third kappa shape index (κ3) is 3.79. The van der Waals surface area contributed by atoms with Gasteiger partial charge in [-0.1, -0.05) is 0 Å². The van der Waals surface area contributed by atoms with Crippen LogP contribution >= 0.6 is 0 Å². The van der Waals surface area contributed by atoms with Crippen molar-refractivity contribution in [2.24, 2.45) is 0 Å². The van der Waals surface area contributed by atoms with E-state index >= 15 is 0 Å². The predicted molar refractivity (Wildman–Crippen MR) is 76.5 cm³/mol. The van der Waals surface area contributed by atoms with Gasteiger partial charge in [-0.15, -0.1) is 0 Å². The number of carboxylic acids is 1. The smallest absolute Gasteiger partial charge is 0.337 e. The van der Waals surface area contributed by atoms with Gasteiger partial charge in [-0.05, 0) is 35.9 Å². The Kier molecular flexibility index (Phi) is 4.50. The molecule has 1 heterocycles. The normalized spacial score (nSPS) is 9.95. The zero-order valence-electron chi connectivity index (χ0n) is 11.4. The quantitative estimate of drug-likeness (QED) is 0.877. The molecule has 0 fully saturated rings. The lowest BCUT2D eigenvalue weighted by Gasteiger charge is -2.10. The molecule has 2 N–H and O–H groups in total. The first-order valence-corrected chi connectivity index (χ1v) is 6.20. The lowest BCUT2D eigenvalue weighted by atomic mass is 10.1. The summed E-state index contributed by atoms with van der Waals surface area (Å²) in [5.41, 5.74) is 1.02. The van der Waals surface area contributed by atoms with Crippen LogP contribution in [0.5, 0.6) is 5.75 Å². The van der Waals surface area contributed by atoms with Gasteiger partial charge in [0.05, 0.1) is 24.8 Å². The molecule has 2 aromatic rings. The highest BCUT2D eigenvalue weighted by molar-refractivity contribution is 6.01. The van der Waals surface area contributed by atoms with Crippen LogP contribution in [-0.4, -0.2) is 29.1 Å². The monoisotopic (exact) mass is 286 g/mol. The zero-order valence-corrected chi connectivity index (χ0v) is 11.4. The molecule has 21 heavy (non-hydrogen) atoms. The highest BCUT2D eigenvalue weighted by atomic mass is 16.5. The number of hydrogen-bond donors (Lipinski definition) is 2. The topological polar surface area (TPSA) is 88.5 Å². The standard InChI is InChI=1S/C15H14N2O4/c1-21-11-2-3-13(12(9-11)15(19)20)17-14(18)8-10-4-6-16-7-5-10/h2-7,9H,8H2,1H3,(H,17,18)(H,19,20). The van der Waals surface area contributed by atoms with Gasteiger partial charge in [0.15, 0.2) is 0 Å². The van der Waals surface area contributed by atoms with Crippen LogP contribution in [0.2, 0.25) is 0 Å². The van der Waals surface area contributed by atoms with Crippen molar-refractivity contribution in [1.82, 2.24) is 4.98 Å². The van der Waals surface area contributed by atoms with Crippen molar-refractivity contribution in [3.8, 4) is 5.75 Å². The molecule has 6 nitrogen and oxygen atoms in total. The lowest BCUT2D eigenvalue weighted by molar-refractivity contribution is -0.115. The maximum Gasteiger partial charge on any atom is 0.337 e. The molecule has 0 aliphatic carbocycles. The number of hydrogen-bond acceptors (Lipinski definition) is 4. The second-order valence-electron chi connectivity index (χ2n) is 4.30. The molecule has 0 atom stereocenters. The van der Waals surface area contributed by atoms with Crippen LogP contribution in [-0.2, 0) is 11.2 Å². The molecule has 1 aromatic carbocycles. The zero-order chi connectivity index (χ0) is 15.2. The summed E-state index contributed by atoms with van der Waals surface area (Å²) in [5, 5.41) is 11.8. The highest BCUT2D eigenvalue weighted by Crippen LogP contribution is 2.22. The lowest BCUT2D eigenvalue weighted by Crippen LogP contribution is -2.16. The SMILES string of the molecule is COc1ccc(NC(=O)Cc2ccncc2)c(C(=O)O)c1. The Bertz CT molecular complexity index is 656. The predicted octanol–water partition coefficient (Wildman–Crippen LogP) is 1.97. The number of aromatic nitrogens is 1. The van der Waals surface area contributed by atoms with E-state index in [9.17, 15) is 14.7 Å². The Morgan fingerprint density at radius 1 is 1.24 bits per heavy atom. The number of nitrogens with one attached hydrogen (secondary N) is 1. The van der Waals surface area contributed by atoms with Gasteiger partial charge in [0.1, 0.15) is 5.75 Å².